The number of rotatable bonds is 2. The van der Waals surface area contributed by atoms with E-state index in [1.54, 1.807) is 0 Å². The topological polar surface area (TPSA) is 67.8 Å². The largest absolute Gasteiger partial charge is 0.378 e. The van der Waals surface area contributed by atoms with E-state index in [1.807, 2.05) is 0 Å². The van der Waals surface area contributed by atoms with Gasteiger partial charge in [-0.05, 0) is 33.9 Å². The van der Waals surface area contributed by atoms with E-state index in [9.17, 15) is 0 Å². The fraction of sp³-hybridized carbons (Fsp3) is 1.00. The third kappa shape index (κ3) is 5.20. The maximum absolute atomic E-state index is 5.58. The number of hydrogen-bond acceptors (Lipinski definition) is 5. The number of likely N-dealkylation sites (tertiary alicyclic amines) is 1. The predicted molar refractivity (Wildman–Crippen MR) is 75.6 cm³/mol. The molecule has 2 saturated heterocycles. The lowest BCUT2D eigenvalue weighted by molar-refractivity contribution is -0.0348. The number of morpholine rings is 1. The molecule has 108 valence electrons. The quantitative estimate of drug-likeness (QED) is 0.712. The van der Waals surface area contributed by atoms with Crippen LogP contribution in [-0.4, -0.2) is 74.4 Å². The molecule has 0 bridgehead atoms. The first kappa shape index (κ1) is 15.9. The first-order valence-electron chi connectivity index (χ1n) is 7.02. The van der Waals surface area contributed by atoms with E-state index in [2.05, 4.69) is 30.7 Å². The van der Waals surface area contributed by atoms with E-state index in [-0.39, 0.29) is 0 Å². The Hall–Kier alpha value is -0.200. The first-order valence-corrected chi connectivity index (χ1v) is 7.02. The summed E-state index contributed by atoms with van der Waals surface area (Å²) in [5.74, 6) is 0. The summed E-state index contributed by atoms with van der Waals surface area (Å²) < 4.78 is 5.39. The van der Waals surface area contributed by atoms with Crippen molar-refractivity contribution in [3.05, 3.63) is 0 Å². The van der Waals surface area contributed by atoms with Gasteiger partial charge in [-0.3, -0.25) is 4.90 Å². The zero-order valence-electron chi connectivity index (χ0n) is 12.1. The van der Waals surface area contributed by atoms with Gasteiger partial charge < -0.3 is 21.1 Å². The van der Waals surface area contributed by atoms with Gasteiger partial charge in [0, 0.05) is 37.8 Å². The van der Waals surface area contributed by atoms with Crippen molar-refractivity contribution in [2.24, 2.45) is 11.5 Å². The van der Waals surface area contributed by atoms with Gasteiger partial charge in [-0.2, -0.15) is 0 Å². The molecule has 0 radical (unpaired) electrons. The van der Waals surface area contributed by atoms with E-state index in [0.29, 0.717) is 18.1 Å². The second kappa shape index (κ2) is 8.07. The van der Waals surface area contributed by atoms with Gasteiger partial charge in [0.25, 0.3) is 0 Å². The van der Waals surface area contributed by atoms with Crippen LogP contribution in [0.4, 0.5) is 0 Å². The minimum absolute atomic E-state index is 0.449. The van der Waals surface area contributed by atoms with Crippen LogP contribution in [0, 0.1) is 0 Å². The molecule has 0 saturated carbocycles. The predicted octanol–water partition coefficient (Wildman–Crippen LogP) is -0.296. The van der Waals surface area contributed by atoms with Crippen molar-refractivity contribution in [3.63, 3.8) is 0 Å². The van der Waals surface area contributed by atoms with Crippen LogP contribution in [0.2, 0.25) is 0 Å². The number of nitrogens with zero attached hydrogens (tertiary/aromatic N) is 2. The maximum Gasteiger partial charge on any atom is 0.0620 e. The maximum atomic E-state index is 5.58. The highest BCUT2D eigenvalue weighted by Gasteiger charge is 2.23. The van der Waals surface area contributed by atoms with Gasteiger partial charge in [0.1, 0.15) is 0 Å². The molecule has 2 rings (SSSR count). The highest BCUT2D eigenvalue weighted by molar-refractivity contribution is 4.77. The molecule has 3 atom stereocenters. The molecule has 0 aromatic rings. The molecule has 0 amide bonds. The van der Waals surface area contributed by atoms with Crippen LogP contribution in [0.5, 0.6) is 0 Å². The zero-order chi connectivity index (χ0) is 13.5. The molecule has 5 heteroatoms. The second-order valence-electron chi connectivity index (χ2n) is 5.57. The van der Waals surface area contributed by atoms with Crippen LogP contribution < -0.4 is 11.5 Å². The summed E-state index contributed by atoms with van der Waals surface area (Å²) in [6.07, 6.45) is 1.18. The van der Waals surface area contributed by atoms with Crippen LogP contribution in [0.15, 0.2) is 0 Å². The Morgan fingerprint density at radius 3 is 2.17 bits per heavy atom. The minimum Gasteiger partial charge on any atom is -0.378 e. The summed E-state index contributed by atoms with van der Waals surface area (Å²) in [5.41, 5.74) is 11.1. The normalized spacial score (nSPS) is 34.2. The van der Waals surface area contributed by atoms with E-state index >= 15 is 0 Å². The summed E-state index contributed by atoms with van der Waals surface area (Å²) in [7, 11) is 2.10. The van der Waals surface area contributed by atoms with Gasteiger partial charge in [-0.15, -0.1) is 0 Å². The zero-order valence-corrected chi connectivity index (χ0v) is 12.1. The molecule has 0 aromatic heterocycles. The molecule has 0 spiro atoms. The Balaban J connectivity index is 0.000000199. The van der Waals surface area contributed by atoms with Gasteiger partial charge in [0.05, 0.1) is 13.2 Å². The second-order valence-corrected chi connectivity index (χ2v) is 5.57. The molecule has 18 heavy (non-hydrogen) atoms. The summed E-state index contributed by atoms with van der Waals surface area (Å²) in [4.78, 5) is 4.66. The van der Waals surface area contributed by atoms with Crippen LogP contribution >= 0.6 is 0 Å². The van der Waals surface area contributed by atoms with Crippen molar-refractivity contribution in [2.75, 3.05) is 46.4 Å². The third-order valence-electron chi connectivity index (χ3n) is 3.67. The van der Waals surface area contributed by atoms with Gasteiger partial charge in [-0.1, -0.05) is 0 Å². The Bertz CT molecular complexity index is 209. The average molecular weight is 258 g/mol. The molecule has 5 nitrogen and oxygen atoms in total. The standard InChI is InChI=1S/C8H18N2O.C5H12N2/c1-7-5-11-6-8(2)10(7)4-3-9;1-7-3-2-5(6)4-7/h7-8H,3-6,9H2,1-2H3;5H,2-4,6H2,1H3. The number of ether oxygens (including phenoxy) is 1. The molecule has 4 N–H and O–H groups in total. The molecule has 0 aliphatic carbocycles. The van der Waals surface area contributed by atoms with E-state index in [4.69, 9.17) is 16.2 Å². The van der Waals surface area contributed by atoms with Crippen LogP contribution in [0.1, 0.15) is 20.3 Å². The van der Waals surface area contributed by atoms with Gasteiger partial charge >= 0.3 is 0 Å². The van der Waals surface area contributed by atoms with Gasteiger partial charge in [0.2, 0.25) is 0 Å². The van der Waals surface area contributed by atoms with Gasteiger partial charge in [-0.25, -0.2) is 0 Å². The van der Waals surface area contributed by atoms with Crippen molar-refractivity contribution in [2.45, 2.75) is 38.4 Å². The Kier molecular flexibility index (Phi) is 7.11. The summed E-state index contributed by atoms with van der Waals surface area (Å²) in [6, 6.07) is 1.51. The lowest BCUT2D eigenvalue weighted by atomic mass is 10.2. The molecule has 2 aliphatic heterocycles. The first-order chi connectivity index (χ1) is 8.54. The van der Waals surface area contributed by atoms with Crippen molar-refractivity contribution in [1.29, 1.82) is 0 Å². The number of likely N-dealkylation sites (N-methyl/N-ethyl adjacent to an activating group) is 1. The van der Waals surface area contributed by atoms with Crippen LogP contribution in [0.25, 0.3) is 0 Å². The molecule has 0 aromatic carbocycles. The number of hydrogen-bond donors (Lipinski definition) is 2. The van der Waals surface area contributed by atoms with E-state index in [0.717, 1.165) is 32.8 Å². The van der Waals surface area contributed by atoms with Crippen molar-refractivity contribution < 1.29 is 4.74 Å². The molecule has 3 unspecified atom stereocenters. The lowest BCUT2D eigenvalue weighted by Crippen LogP contribution is -2.51. The van der Waals surface area contributed by atoms with Crippen LogP contribution in [-0.2, 0) is 4.74 Å². The highest BCUT2D eigenvalue weighted by atomic mass is 16.5. The average Bonchev–Trinajstić information content (AvgIpc) is 2.69. The fourth-order valence-electron chi connectivity index (χ4n) is 2.59. The van der Waals surface area contributed by atoms with Crippen LogP contribution in [0.3, 0.4) is 0 Å². The van der Waals surface area contributed by atoms with Gasteiger partial charge in [0.15, 0.2) is 0 Å². The molecule has 2 heterocycles. The number of nitrogens with two attached hydrogens (primary N) is 2. The summed E-state index contributed by atoms with van der Waals surface area (Å²) in [6.45, 7) is 10.1. The fourth-order valence-corrected chi connectivity index (χ4v) is 2.59. The van der Waals surface area contributed by atoms with E-state index in [1.165, 1.54) is 13.0 Å². The molecule has 2 aliphatic rings. The Morgan fingerprint density at radius 1 is 1.22 bits per heavy atom. The van der Waals surface area contributed by atoms with Crippen molar-refractivity contribution in [3.8, 4) is 0 Å². The molecule has 2 fully saturated rings. The Morgan fingerprint density at radius 2 is 1.83 bits per heavy atom. The summed E-state index contributed by atoms with van der Waals surface area (Å²) >= 11 is 0. The van der Waals surface area contributed by atoms with Crippen molar-refractivity contribution in [1.82, 2.24) is 9.80 Å². The third-order valence-corrected chi connectivity index (χ3v) is 3.67. The highest BCUT2D eigenvalue weighted by Crippen LogP contribution is 2.11. The lowest BCUT2D eigenvalue weighted by Gasteiger charge is -2.38. The summed E-state index contributed by atoms with van der Waals surface area (Å²) in [5, 5.41) is 0. The smallest absolute Gasteiger partial charge is 0.0620 e. The van der Waals surface area contributed by atoms with E-state index < -0.39 is 0 Å². The monoisotopic (exact) mass is 258 g/mol. The molecular formula is C13H30N4O. The SMILES string of the molecule is CC1COCC(C)N1CCN.CN1CCC(N)C1. The van der Waals surface area contributed by atoms with Crippen molar-refractivity contribution >= 4 is 0 Å². The molecular weight excluding hydrogens is 228 g/mol. The Labute approximate surface area is 111 Å². The minimum atomic E-state index is 0.449.